The quantitative estimate of drug-likeness (QED) is 0.892. The minimum atomic E-state index is -0.484. The molecule has 0 bridgehead atoms. The highest BCUT2D eigenvalue weighted by molar-refractivity contribution is 6.31. The Kier molecular flexibility index (Phi) is 6.37. The van der Waals surface area contributed by atoms with Crippen LogP contribution in [0.4, 0.5) is 5.69 Å². The molecule has 0 aliphatic carbocycles. The fourth-order valence-electron chi connectivity index (χ4n) is 1.72. The predicted molar refractivity (Wildman–Crippen MR) is 76.5 cm³/mol. The standard InChI is InChI=1S/C12H15ClN2O3.ClH/c1-17-10-3-2-8(13)6-9(10)15-12(16)11-7-14-4-5-18-11;/h2-3,6,11,14H,4-5,7H2,1H3,(H,15,16);1H. The summed E-state index contributed by atoms with van der Waals surface area (Å²) in [5.41, 5.74) is 0.546. The summed E-state index contributed by atoms with van der Waals surface area (Å²) >= 11 is 5.89. The number of methoxy groups -OCH3 is 1. The molecule has 5 nitrogen and oxygen atoms in total. The number of halogens is 2. The molecule has 0 spiro atoms. The lowest BCUT2D eigenvalue weighted by atomic mass is 10.2. The van der Waals surface area contributed by atoms with Crippen LogP contribution in [0.15, 0.2) is 18.2 Å². The van der Waals surface area contributed by atoms with Crippen LogP contribution in [-0.4, -0.2) is 38.8 Å². The number of amides is 1. The second-order valence-electron chi connectivity index (χ2n) is 3.90. The Morgan fingerprint density at radius 1 is 1.58 bits per heavy atom. The second-order valence-corrected chi connectivity index (χ2v) is 4.33. The van der Waals surface area contributed by atoms with Gasteiger partial charge in [-0.25, -0.2) is 0 Å². The molecule has 1 aliphatic heterocycles. The van der Waals surface area contributed by atoms with E-state index in [1.54, 1.807) is 18.2 Å². The van der Waals surface area contributed by atoms with Crippen molar-refractivity contribution in [3.63, 3.8) is 0 Å². The first-order valence-corrected chi connectivity index (χ1v) is 6.05. The molecule has 7 heteroatoms. The highest BCUT2D eigenvalue weighted by Gasteiger charge is 2.22. The first-order chi connectivity index (χ1) is 8.70. The summed E-state index contributed by atoms with van der Waals surface area (Å²) in [6.45, 7) is 1.81. The van der Waals surface area contributed by atoms with Crippen molar-refractivity contribution >= 4 is 35.6 Å². The van der Waals surface area contributed by atoms with Crippen LogP contribution in [0.5, 0.6) is 5.75 Å². The Labute approximate surface area is 123 Å². The van der Waals surface area contributed by atoms with Crippen LogP contribution in [0.1, 0.15) is 0 Å². The maximum Gasteiger partial charge on any atom is 0.254 e. The number of nitrogens with one attached hydrogen (secondary N) is 2. The Morgan fingerprint density at radius 3 is 3.00 bits per heavy atom. The van der Waals surface area contributed by atoms with Gasteiger partial charge in [0.1, 0.15) is 11.9 Å². The minimum Gasteiger partial charge on any atom is -0.495 e. The van der Waals surface area contributed by atoms with Crippen LogP contribution in [-0.2, 0) is 9.53 Å². The summed E-state index contributed by atoms with van der Waals surface area (Å²) < 4.78 is 10.5. The average molecular weight is 307 g/mol. The molecule has 2 N–H and O–H groups in total. The summed E-state index contributed by atoms with van der Waals surface area (Å²) in [7, 11) is 1.54. The van der Waals surface area contributed by atoms with Gasteiger partial charge in [-0.2, -0.15) is 0 Å². The lowest BCUT2D eigenvalue weighted by Gasteiger charge is -2.23. The van der Waals surface area contributed by atoms with Crippen LogP contribution in [0, 0.1) is 0 Å². The van der Waals surface area contributed by atoms with Crippen molar-refractivity contribution in [3.8, 4) is 5.75 Å². The number of anilines is 1. The van der Waals surface area contributed by atoms with E-state index in [0.29, 0.717) is 29.6 Å². The van der Waals surface area contributed by atoms with Crippen LogP contribution >= 0.6 is 24.0 Å². The molecule has 2 rings (SSSR count). The summed E-state index contributed by atoms with van der Waals surface area (Å²) in [6.07, 6.45) is -0.484. The van der Waals surface area contributed by atoms with Gasteiger partial charge in [-0.1, -0.05) is 11.6 Å². The monoisotopic (exact) mass is 306 g/mol. The van der Waals surface area contributed by atoms with Gasteiger partial charge in [0.15, 0.2) is 0 Å². The third-order valence-electron chi connectivity index (χ3n) is 2.64. The molecular formula is C12H16Cl2N2O3. The van der Waals surface area contributed by atoms with Gasteiger partial charge in [0.2, 0.25) is 0 Å². The molecule has 1 amide bonds. The zero-order valence-corrected chi connectivity index (χ0v) is 12.0. The van der Waals surface area contributed by atoms with E-state index >= 15 is 0 Å². The maximum absolute atomic E-state index is 12.0. The highest BCUT2D eigenvalue weighted by Crippen LogP contribution is 2.27. The average Bonchev–Trinajstić information content (AvgIpc) is 2.40. The summed E-state index contributed by atoms with van der Waals surface area (Å²) in [4.78, 5) is 12.0. The molecule has 106 valence electrons. The molecule has 1 fully saturated rings. The lowest BCUT2D eigenvalue weighted by molar-refractivity contribution is -0.128. The molecule has 0 radical (unpaired) electrons. The fourth-order valence-corrected chi connectivity index (χ4v) is 1.90. The van der Waals surface area contributed by atoms with Gasteiger partial charge in [0, 0.05) is 18.1 Å². The molecule has 1 atom stereocenters. The molecule has 0 saturated carbocycles. The number of carbonyl (C=O) groups is 1. The molecule has 1 aromatic carbocycles. The van der Waals surface area contributed by atoms with E-state index < -0.39 is 6.10 Å². The van der Waals surface area contributed by atoms with E-state index in [0.717, 1.165) is 6.54 Å². The van der Waals surface area contributed by atoms with E-state index in [1.807, 2.05) is 0 Å². The van der Waals surface area contributed by atoms with Gasteiger partial charge in [0.05, 0.1) is 19.4 Å². The summed E-state index contributed by atoms with van der Waals surface area (Å²) in [5, 5.41) is 6.39. The normalized spacial score (nSPS) is 18.3. The number of hydrogen-bond acceptors (Lipinski definition) is 4. The number of carbonyl (C=O) groups excluding carboxylic acids is 1. The van der Waals surface area contributed by atoms with Crippen molar-refractivity contribution in [1.82, 2.24) is 5.32 Å². The predicted octanol–water partition coefficient (Wildman–Crippen LogP) is 1.70. The van der Waals surface area contributed by atoms with E-state index in [2.05, 4.69) is 10.6 Å². The maximum atomic E-state index is 12.0. The van der Waals surface area contributed by atoms with Crippen LogP contribution in [0.25, 0.3) is 0 Å². The van der Waals surface area contributed by atoms with E-state index in [-0.39, 0.29) is 18.3 Å². The first-order valence-electron chi connectivity index (χ1n) is 5.67. The fraction of sp³-hybridized carbons (Fsp3) is 0.417. The summed E-state index contributed by atoms with van der Waals surface area (Å²) in [6, 6.07) is 5.06. The molecule has 1 heterocycles. The number of morpholine rings is 1. The molecule has 1 saturated heterocycles. The van der Waals surface area contributed by atoms with Crippen molar-refractivity contribution in [1.29, 1.82) is 0 Å². The Bertz CT molecular complexity index is 437. The van der Waals surface area contributed by atoms with Gasteiger partial charge in [-0.3, -0.25) is 4.79 Å². The zero-order chi connectivity index (χ0) is 13.0. The largest absolute Gasteiger partial charge is 0.495 e. The van der Waals surface area contributed by atoms with Crippen LogP contribution < -0.4 is 15.4 Å². The van der Waals surface area contributed by atoms with Crippen LogP contribution in [0.2, 0.25) is 5.02 Å². The van der Waals surface area contributed by atoms with Crippen molar-refractivity contribution in [2.75, 3.05) is 32.1 Å². The SMILES string of the molecule is COc1ccc(Cl)cc1NC(=O)C1CNCCO1.Cl. The molecule has 1 aliphatic rings. The Hall–Kier alpha value is -1.01. The third-order valence-corrected chi connectivity index (χ3v) is 2.87. The second kappa shape index (κ2) is 7.55. The number of hydrogen-bond donors (Lipinski definition) is 2. The van der Waals surface area contributed by atoms with E-state index in [1.165, 1.54) is 7.11 Å². The molecule has 0 aromatic heterocycles. The first kappa shape index (κ1) is 16.0. The number of rotatable bonds is 3. The lowest BCUT2D eigenvalue weighted by Crippen LogP contribution is -2.45. The van der Waals surface area contributed by atoms with Crippen molar-refractivity contribution in [3.05, 3.63) is 23.2 Å². The molecular weight excluding hydrogens is 291 g/mol. The third kappa shape index (κ3) is 4.24. The smallest absolute Gasteiger partial charge is 0.254 e. The summed E-state index contributed by atoms with van der Waals surface area (Å²) in [5.74, 6) is 0.360. The van der Waals surface area contributed by atoms with Gasteiger partial charge in [0.25, 0.3) is 5.91 Å². The zero-order valence-electron chi connectivity index (χ0n) is 10.4. The number of ether oxygens (including phenoxy) is 2. The highest BCUT2D eigenvalue weighted by atomic mass is 35.5. The molecule has 1 aromatic rings. The number of benzene rings is 1. The Balaban J connectivity index is 0.00000180. The Morgan fingerprint density at radius 2 is 2.37 bits per heavy atom. The van der Waals surface area contributed by atoms with Crippen molar-refractivity contribution in [2.24, 2.45) is 0 Å². The molecule has 1 unspecified atom stereocenters. The van der Waals surface area contributed by atoms with Gasteiger partial charge < -0.3 is 20.1 Å². The van der Waals surface area contributed by atoms with Gasteiger partial charge >= 0.3 is 0 Å². The van der Waals surface area contributed by atoms with Crippen molar-refractivity contribution in [2.45, 2.75) is 6.10 Å². The molecule has 19 heavy (non-hydrogen) atoms. The van der Waals surface area contributed by atoms with Crippen LogP contribution in [0.3, 0.4) is 0 Å². The van der Waals surface area contributed by atoms with E-state index in [9.17, 15) is 4.79 Å². The van der Waals surface area contributed by atoms with Gasteiger partial charge in [-0.15, -0.1) is 12.4 Å². The van der Waals surface area contributed by atoms with Gasteiger partial charge in [-0.05, 0) is 18.2 Å². The van der Waals surface area contributed by atoms with Crippen molar-refractivity contribution < 1.29 is 14.3 Å². The topological polar surface area (TPSA) is 59.6 Å². The minimum absolute atomic E-state index is 0. The van der Waals surface area contributed by atoms with E-state index in [4.69, 9.17) is 21.1 Å².